The SMILES string of the molecule is COc1cccc(CC(=O)N(CCO)Cc2cc3cc(C)cc(C)c3[nH]c2=O)c1. The number of pyridine rings is 1. The molecule has 0 aliphatic heterocycles. The fourth-order valence-corrected chi connectivity index (χ4v) is 3.54. The average molecular weight is 394 g/mol. The largest absolute Gasteiger partial charge is 0.497 e. The van der Waals surface area contributed by atoms with E-state index >= 15 is 0 Å². The van der Waals surface area contributed by atoms with Crippen molar-refractivity contribution < 1.29 is 14.6 Å². The summed E-state index contributed by atoms with van der Waals surface area (Å²) in [7, 11) is 1.58. The standard InChI is InChI=1S/C23H26N2O4/c1-15-9-16(2)22-18(10-15)13-19(23(28)24-22)14-25(7-8-26)21(27)12-17-5-4-6-20(11-17)29-3/h4-6,9-11,13,26H,7-8,12,14H2,1-3H3,(H,24,28). The van der Waals surface area contributed by atoms with Crippen LogP contribution >= 0.6 is 0 Å². The van der Waals surface area contributed by atoms with Crippen LogP contribution < -0.4 is 10.3 Å². The maximum Gasteiger partial charge on any atom is 0.253 e. The zero-order valence-corrected chi connectivity index (χ0v) is 17.0. The molecule has 6 heteroatoms. The minimum Gasteiger partial charge on any atom is -0.497 e. The van der Waals surface area contributed by atoms with Gasteiger partial charge in [0.05, 0.1) is 32.2 Å². The van der Waals surface area contributed by atoms with Gasteiger partial charge in [-0.05, 0) is 54.6 Å². The van der Waals surface area contributed by atoms with Gasteiger partial charge in [0.2, 0.25) is 5.91 Å². The molecule has 1 heterocycles. The third kappa shape index (κ3) is 4.84. The number of carbonyl (C=O) groups is 1. The second-order valence-electron chi connectivity index (χ2n) is 7.24. The van der Waals surface area contributed by atoms with E-state index in [9.17, 15) is 14.7 Å². The molecule has 0 radical (unpaired) electrons. The quantitative estimate of drug-likeness (QED) is 0.646. The number of hydrogen-bond acceptors (Lipinski definition) is 4. The van der Waals surface area contributed by atoms with Gasteiger partial charge in [0.1, 0.15) is 5.75 Å². The minimum atomic E-state index is -0.221. The number of aromatic amines is 1. The van der Waals surface area contributed by atoms with Crippen LogP contribution in [0.1, 0.15) is 22.3 Å². The molecule has 29 heavy (non-hydrogen) atoms. The number of nitrogens with one attached hydrogen (secondary N) is 1. The lowest BCUT2D eigenvalue weighted by molar-refractivity contribution is -0.131. The number of aliphatic hydroxyl groups excluding tert-OH is 1. The van der Waals surface area contributed by atoms with Gasteiger partial charge in [0.15, 0.2) is 0 Å². The van der Waals surface area contributed by atoms with E-state index in [4.69, 9.17) is 4.74 Å². The Balaban J connectivity index is 1.87. The van der Waals surface area contributed by atoms with Crippen LogP contribution in [0.2, 0.25) is 0 Å². The third-order valence-electron chi connectivity index (χ3n) is 4.94. The summed E-state index contributed by atoms with van der Waals surface area (Å²) in [6.45, 7) is 4.09. The Labute approximate surface area is 169 Å². The van der Waals surface area contributed by atoms with Crippen LogP contribution in [0, 0.1) is 13.8 Å². The molecule has 2 aromatic carbocycles. The second kappa shape index (κ2) is 8.92. The molecule has 0 saturated heterocycles. The van der Waals surface area contributed by atoms with E-state index in [2.05, 4.69) is 4.98 Å². The second-order valence-corrected chi connectivity index (χ2v) is 7.24. The molecule has 1 amide bonds. The summed E-state index contributed by atoms with van der Waals surface area (Å²) >= 11 is 0. The van der Waals surface area contributed by atoms with Crippen molar-refractivity contribution >= 4 is 16.8 Å². The summed E-state index contributed by atoms with van der Waals surface area (Å²) in [6, 6.07) is 13.2. The molecule has 152 valence electrons. The van der Waals surface area contributed by atoms with Crippen molar-refractivity contribution in [3.8, 4) is 5.75 Å². The molecule has 0 saturated carbocycles. The van der Waals surface area contributed by atoms with Gasteiger partial charge in [0, 0.05) is 12.1 Å². The Kier molecular flexibility index (Phi) is 6.34. The van der Waals surface area contributed by atoms with Crippen molar-refractivity contribution in [1.82, 2.24) is 9.88 Å². The van der Waals surface area contributed by atoms with Crippen molar-refractivity contribution in [3.63, 3.8) is 0 Å². The van der Waals surface area contributed by atoms with E-state index in [1.807, 2.05) is 56.3 Å². The minimum absolute atomic E-state index is 0.141. The molecule has 0 unspecified atom stereocenters. The molecule has 0 aliphatic rings. The molecule has 3 rings (SSSR count). The number of aromatic nitrogens is 1. The molecule has 0 fully saturated rings. The van der Waals surface area contributed by atoms with Gasteiger partial charge in [-0.25, -0.2) is 0 Å². The number of rotatable bonds is 7. The zero-order valence-electron chi connectivity index (χ0n) is 17.0. The number of amides is 1. The maximum absolute atomic E-state index is 12.9. The number of aliphatic hydroxyl groups is 1. The monoisotopic (exact) mass is 394 g/mol. The first kappa shape index (κ1) is 20.6. The fourth-order valence-electron chi connectivity index (χ4n) is 3.54. The highest BCUT2D eigenvalue weighted by atomic mass is 16.5. The molecular formula is C23H26N2O4. The predicted molar refractivity (Wildman–Crippen MR) is 113 cm³/mol. The number of hydrogen-bond donors (Lipinski definition) is 2. The Bertz CT molecular complexity index is 1090. The van der Waals surface area contributed by atoms with Crippen LogP contribution in [0.5, 0.6) is 5.75 Å². The number of benzene rings is 2. The van der Waals surface area contributed by atoms with Gasteiger partial charge >= 0.3 is 0 Å². The Morgan fingerprint density at radius 1 is 1.17 bits per heavy atom. The summed E-state index contributed by atoms with van der Waals surface area (Å²) in [5, 5.41) is 10.4. The topological polar surface area (TPSA) is 82.6 Å². The molecular weight excluding hydrogens is 368 g/mol. The van der Waals surface area contributed by atoms with Crippen LogP contribution in [0.25, 0.3) is 10.9 Å². The van der Waals surface area contributed by atoms with Crippen LogP contribution in [-0.2, 0) is 17.8 Å². The lowest BCUT2D eigenvalue weighted by atomic mass is 10.0. The smallest absolute Gasteiger partial charge is 0.253 e. The third-order valence-corrected chi connectivity index (χ3v) is 4.94. The normalized spacial score (nSPS) is 10.9. The van der Waals surface area contributed by atoms with E-state index in [1.54, 1.807) is 7.11 Å². The lowest BCUT2D eigenvalue weighted by Crippen LogP contribution is -2.36. The van der Waals surface area contributed by atoms with E-state index in [0.29, 0.717) is 11.3 Å². The first-order valence-electron chi connectivity index (χ1n) is 9.56. The summed E-state index contributed by atoms with van der Waals surface area (Å²) in [4.78, 5) is 29.9. The average Bonchev–Trinajstić information content (AvgIpc) is 2.69. The van der Waals surface area contributed by atoms with Crippen molar-refractivity contribution in [2.45, 2.75) is 26.8 Å². The Morgan fingerprint density at radius 3 is 2.69 bits per heavy atom. The maximum atomic E-state index is 12.9. The lowest BCUT2D eigenvalue weighted by Gasteiger charge is -2.22. The van der Waals surface area contributed by atoms with E-state index in [0.717, 1.165) is 27.6 Å². The summed E-state index contributed by atoms with van der Waals surface area (Å²) in [5.41, 5.74) is 4.01. The van der Waals surface area contributed by atoms with Crippen molar-refractivity contribution in [2.24, 2.45) is 0 Å². The first-order chi connectivity index (χ1) is 13.9. The number of ether oxygens (including phenoxy) is 1. The van der Waals surface area contributed by atoms with Crippen LogP contribution in [0.15, 0.2) is 47.3 Å². The van der Waals surface area contributed by atoms with Gasteiger partial charge < -0.3 is 19.7 Å². The molecule has 2 N–H and O–H groups in total. The number of H-pyrrole nitrogens is 1. The van der Waals surface area contributed by atoms with Crippen molar-refractivity contribution in [2.75, 3.05) is 20.3 Å². The van der Waals surface area contributed by atoms with E-state index in [1.165, 1.54) is 4.90 Å². The van der Waals surface area contributed by atoms with Crippen LogP contribution in [-0.4, -0.2) is 41.2 Å². The van der Waals surface area contributed by atoms with Gasteiger partial charge in [-0.15, -0.1) is 0 Å². The fraction of sp³-hybridized carbons (Fsp3) is 0.304. The van der Waals surface area contributed by atoms with Gasteiger partial charge in [-0.3, -0.25) is 9.59 Å². The summed E-state index contributed by atoms with van der Waals surface area (Å²) in [6.07, 6.45) is 0.168. The van der Waals surface area contributed by atoms with Gasteiger partial charge in [0.25, 0.3) is 5.56 Å². The number of fused-ring (bicyclic) bond motifs is 1. The Morgan fingerprint density at radius 2 is 1.97 bits per heavy atom. The molecule has 1 aromatic heterocycles. The predicted octanol–water partition coefficient (Wildman–Crippen LogP) is 2.72. The molecule has 3 aromatic rings. The molecule has 0 aliphatic carbocycles. The number of aryl methyl sites for hydroxylation is 2. The number of carbonyl (C=O) groups excluding carboxylic acids is 1. The van der Waals surface area contributed by atoms with Crippen molar-refractivity contribution in [3.05, 3.63) is 75.1 Å². The highest BCUT2D eigenvalue weighted by Crippen LogP contribution is 2.19. The molecule has 0 spiro atoms. The Hall–Kier alpha value is -3.12. The van der Waals surface area contributed by atoms with Crippen LogP contribution in [0.3, 0.4) is 0 Å². The first-order valence-corrected chi connectivity index (χ1v) is 9.56. The summed E-state index contributed by atoms with van der Waals surface area (Å²) < 4.78 is 5.21. The molecule has 0 bridgehead atoms. The van der Waals surface area contributed by atoms with Gasteiger partial charge in [-0.1, -0.05) is 23.8 Å². The molecule has 6 nitrogen and oxygen atoms in total. The van der Waals surface area contributed by atoms with Crippen molar-refractivity contribution in [1.29, 1.82) is 0 Å². The van der Waals surface area contributed by atoms with E-state index < -0.39 is 0 Å². The van der Waals surface area contributed by atoms with Crippen LogP contribution in [0.4, 0.5) is 0 Å². The number of methoxy groups -OCH3 is 1. The highest BCUT2D eigenvalue weighted by Gasteiger charge is 2.17. The van der Waals surface area contributed by atoms with E-state index in [-0.39, 0.29) is 37.6 Å². The number of nitrogens with zero attached hydrogens (tertiary/aromatic N) is 1. The molecule has 0 atom stereocenters. The summed E-state index contributed by atoms with van der Waals surface area (Å²) in [5.74, 6) is 0.521. The zero-order chi connectivity index (χ0) is 21.0. The highest BCUT2D eigenvalue weighted by molar-refractivity contribution is 5.83. The van der Waals surface area contributed by atoms with Gasteiger partial charge in [-0.2, -0.15) is 0 Å².